The summed E-state index contributed by atoms with van der Waals surface area (Å²) >= 11 is 9.51. The summed E-state index contributed by atoms with van der Waals surface area (Å²) < 4.78 is 0.831. The summed E-state index contributed by atoms with van der Waals surface area (Å²) in [5.41, 5.74) is 6.20. The van der Waals surface area contributed by atoms with Gasteiger partial charge in [-0.2, -0.15) is 0 Å². The minimum atomic E-state index is 0.831. The van der Waals surface area contributed by atoms with Gasteiger partial charge in [0.1, 0.15) is 0 Å². The van der Waals surface area contributed by atoms with E-state index in [1.807, 2.05) is 12.1 Å². The number of rotatable bonds is 4. The van der Waals surface area contributed by atoms with Gasteiger partial charge in [-0.1, -0.05) is 90.5 Å². The molecule has 0 N–H and O–H groups in total. The molecular formula is C26H17ClS2. The third-order valence-corrected chi connectivity index (χ3v) is 7.48. The van der Waals surface area contributed by atoms with Gasteiger partial charge in [0, 0.05) is 14.6 Å². The van der Waals surface area contributed by atoms with Gasteiger partial charge < -0.3 is 0 Å². The molecule has 0 unspecified atom stereocenters. The van der Waals surface area contributed by atoms with Crippen molar-refractivity contribution >= 4 is 34.3 Å². The Morgan fingerprint density at radius 3 is 1.38 bits per heavy atom. The van der Waals surface area contributed by atoms with Crippen molar-refractivity contribution in [2.75, 3.05) is 0 Å². The predicted octanol–water partition coefficient (Wildman–Crippen LogP) is 9.13. The number of thiophene rings is 2. The first-order valence-electron chi connectivity index (χ1n) is 9.38. The van der Waals surface area contributed by atoms with Gasteiger partial charge in [-0.15, -0.1) is 22.7 Å². The highest BCUT2D eigenvalue weighted by atomic mass is 35.5. The third kappa shape index (κ3) is 3.92. The fourth-order valence-corrected chi connectivity index (χ4v) is 5.53. The lowest BCUT2D eigenvalue weighted by molar-refractivity contribution is 1.59. The maximum Gasteiger partial charge on any atom is 0.0935 e. The van der Waals surface area contributed by atoms with Crippen molar-refractivity contribution in [2.24, 2.45) is 0 Å². The molecule has 0 aliphatic rings. The summed E-state index contributed by atoms with van der Waals surface area (Å²) in [6.07, 6.45) is 0. The lowest BCUT2D eigenvalue weighted by Crippen LogP contribution is -1.81. The van der Waals surface area contributed by atoms with Crippen molar-refractivity contribution in [3.8, 4) is 42.4 Å². The summed E-state index contributed by atoms with van der Waals surface area (Å²) in [7, 11) is 0. The van der Waals surface area contributed by atoms with Crippen LogP contribution in [0.2, 0.25) is 4.34 Å². The molecule has 0 atom stereocenters. The average molecular weight is 429 g/mol. The predicted molar refractivity (Wildman–Crippen MR) is 129 cm³/mol. The van der Waals surface area contributed by atoms with Crippen LogP contribution in [0.25, 0.3) is 42.4 Å². The van der Waals surface area contributed by atoms with E-state index in [9.17, 15) is 0 Å². The molecule has 0 fully saturated rings. The van der Waals surface area contributed by atoms with Crippen LogP contribution in [0.1, 0.15) is 0 Å². The van der Waals surface area contributed by atoms with E-state index in [1.54, 1.807) is 22.7 Å². The van der Waals surface area contributed by atoms with Crippen molar-refractivity contribution in [3.63, 3.8) is 0 Å². The van der Waals surface area contributed by atoms with Gasteiger partial charge in [0.25, 0.3) is 0 Å². The smallest absolute Gasteiger partial charge is 0.0935 e. The summed E-state index contributed by atoms with van der Waals surface area (Å²) in [6.45, 7) is 0. The zero-order chi connectivity index (χ0) is 19.6. The summed E-state index contributed by atoms with van der Waals surface area (Å²) in [6, 6.07) is 36.5. The van der Waals surface area contributed by atoms with Crippen molar-refractivity contribution < 1.29 is 0 Å². The van der Waals surface area contributed by atoms with Gasteiger partial charge in [0.05, 0.1) is 4.34 Å². The largest absolute Gasteiger partial charge is 0.134 e. The maximum absolute atomic E-state index is 6.08. The van der Waals surface area contributed by atoms with E-state index in [0.29, 0.717) is 0 Å². The molecule has 0 aliphatic heterocycles. The molecule has 2 aromatic heterocycles. The van der Waals surface area contributed by atoms with E-state index in [2.05, 4.69) is 91.0 Å². The standard InChI is InChI=1S/C26H17ClS2/c27-26-17-16-25(29-26)24-15-14-23(28-24)22-12-10-21(11-13-22)20-8-6-19(7-9-20)18-4-2-1-3-5-18/h1-17H. The molecule has 0 radical (unpaired) electrons. The summed E-state index contributed by atoms with van der Waals surface area (Å²) in [4.78, 5) is 3.76. The third-order valence-electron chi connectivity index (χ3n) is 4.92. The Hall–Kier alpha value is -2.65. The Bertz CT molecular complexity index is 1230. The SMILES string of the molecule is Clc1ccc(-c2ccc(-c3ccc(-c4ccc(-c5ccccc5)cc4)cc3)s2)s1. The van der Waals surface area contributed by atoms with Gasteiger partial charge in [-0.05, 0) is 52.1 Å². The Morgan fingerprint density at radius 2 is 0.828 bits per heavy atom. The van der Waals surface area contributed by atoms with Crippen molar-refractivity contribution in [3.05, 3.63) is 107 Å². The highest BCUT2D eigenvalue weighted by molar-refractivity contribution is 7.25. The zero-order valence-corrected chi connectivity index (χ0v) is 17.9. The fraction of sp³-hybridized carbons (Fsp3) is 0. The van der Waals surface area contributed by atoms with Gasteiger partial charge in [0.15, 0.2) is 0 Å². The van der Waals surface area contributed by atoms with E-state index in [-0.39, 0.29) is 0 Å². The number of hydrogen-bond donors (Lipinski definition) is 0. The molecule has 0 spiro atoms. The van der Waals surface area contributed by atoms with Gasteiger partial charge in [0.2, 0.25) is 0 Å². The molecular weight excluding hydrogens is 412 g/mol. The minimum Gasteiger partial charge on any atom is -0.134 e. The first-order chi connectivity index (χ1) is 14.3. The Kier molecular flexibility index (Phi) is 5.07. The van der Waals surface area contributed by atoms with Crippen LogP contribution in [0, 0.1) is 0 Å². The quantitative estimate of drug-likeness (QED) is 0.267. The second kappa shape index (κ2) is 8.00. The van der Waals surface area contributed by atoms with Crippen LogP contribution in [0.5, 0.6) is 0 Å². The molecule has 0 bridgehead atoms. The van der Waals surface area contributed by atoms with Crippen LogP contribution < -0.4 is 0 Å². The average Bonchev–Trinajstić information content (AvgIpc) is 3.44. The normalized spacial score (nSPS) is 10.9. The highest BCUT2D eigenvalue weighted by Crippen LogP contribution is 2.39. The molecule has 5 aromatic rings. The Balaban J connectivity index is 1.37. The van der Waals surface area contributed by atoms with Crippen molar-refractivity contribution in [1.29, 1.82) is 0 Å². The van der Waals surface area contributed by atoms with Crippen LogP contribution in [0.15, 0.2) is 103 Å². The Morgan fingerprint density at radius 1 is 0.379 bits per heavy atom. The van der Waals surface area contributed by atoms with Crippen molar-refractivity contribution in [1.82, 2.24) is 0 Å². The lowest BCUT2D eigenvalue weighted by atomic mass is 9.99. The second-order valence-corrected chi connectivity index (χ2v) is 9.59. The minimum absolute atomic E-state index is 0.831. The molecule has 140 valence electrons. The van der Waals surface area contributed by atoms with Crippen molar-refractivity contribution in [2.45, 2.75) is 0 Å². The molecule has 0 saturated carbocycles. The van der Waals surface area contributed by atoms with E-state index < -0.39 is 0 Å². The van der Waals surface area contributed by atoms with E-state index in [1.165, 1.54) is 42.4 Å². The van der Waals surface area contributed by atoms with Crippen LogP contribution in [0.3, 0.4) is 0 Å². The molecule has 5 rings (SSSR count). The first kappa shape index (κ1) is 18.4. The van der Waals surface area contributed by atoms with Gasteiger partial charge >= 0.3 is 0 Å². The monoisotopic (exact) mass is 428 g/mol. The topological polar surface area (TPSA) is 0 Å². The molecule has 29 heavy (non-hydrogen) atoms. The van der Waals surface area contributed by atoms with E-state index in [4.69, 9.17) is 11.6 Å². The summed E-state index contributed by atoms with van der Waals surface area (Å²) in [5, 5.41) is 0. The molecule has 0 amide bonds. The van der Waals surface area contributed by atoms with E-state index in [0.717, 1.165) is 4.34 Å². The highest BCUT2D eigenvalue weighted by Gasteiger charge is 2.08. The molecule has 3 aromatic carbocycles. The van der Waals surface area contributed by atoms with Crippen LogP contribution in [0.4, 0.5) is 0 Å². The Labute approximate surface area is 183 Å². The van der Waals surface area contributed by atoms with Crippen LogP contribution >= 0.6 is 34.3 Å². The van der Waals surface area contributed by atoms with Gasteiger partial charge in [-0.3, -0.25) is 0 Å². The van der Waals surface area contributed by atoms with Crippen LogP contribution in [-0.4, -0.2) is 0 Å². The maximum atomic E-state index is 6.08. The molecule has 3 heteroatoms. The number of halogens is 1. The van der Waals surface area contributed by atoms with Gasteiger partial charge in [-0.25, -0.2) is 0 Å². The number of hydrogen-bond acceptors (Lipinski definition) is 2. The first-order valence-corrected chi connectivity index (χ1v) is 11.4. The van der Waals surface area contributed by atoms with Crippen LogP contribution in [-0.2, 0) is 0 Å². The second-order valence-electron chi connectivity index (χ2n) is 6.79. The van der Waals surface area contributed by atoms with E-state index >= 15 is 0 Å². The molecule has 0 saturated heterocycles. The number of benzene rings is 3. The summed E-state index contributed by atoms with van der Waals surface area (Å²) in [5.74, 6) is 0. The lowest BCUT2D eigenvalue weighted by Gasteiger charge is -2.06. The zero-order valence-electron chi connectivity index (χ0n) is 15.5. The molecule has 2 heterocycles. The fourth-order valence-electron chi connectivity index (χ4n) is 3.38. The molecule has 0 nitrogen and oxygen atoms in total. The molecule has 0 aliphatic carbocycles.